The molecule has 0 fully saturated rings. The normalized spacial score (nSPS) is 15.2. The number of amidine groups is 2. The number of nitrogens with one attached hydrogen (secondary N) is 1. The van der Waals surface area contributed by atoms with Crippen molar-refractivity contribution in [3.63, 3.8) is 0 Å². The number of halogens is 1. The lowest BCUT2D eigenvalue weighted by atomic mass is 9.93. The van der Waals surface area contributed by atoms with Crippen molar-refractivity contribution in [1.29, 1.82) is 0 Å². The molecular formula is C35H32FN7. The van der Waals surface area contributed by atoms with E-state index in [-0.39, 0.29) is 11.9 Å². The first-order valence-electron chi connectivity index (χ1n) is 14.6. The summed E-state index contributed by atoms with van der Waals surface area (Å²) in [5.41, 5.74) is 7.52. The predicted molar refractivity (Wildman–Crippen MR) is 173 cm³/mol. The molecule has 7 rings (SSSR count). The molecule has 0 saturated carbocycles. The summed E-state index contributed by atoms with van der Waals surface area (Å²) in [6.45, 7) is 8.22. The van der Waals surface area contributed by atoms with E-state index in [1.807, 2.05) is 72.3 Å². The molecule has 2 aliphatic rings. The summed E-state index contributed by atoms with van der Waals surface area (Å²) in [7, 11) is 0. The average molecular weight is 570 g/mol. The molecule has 0 radical (unpaired) electrons. The fraction of sp³-hybridized carbons (Fsp3) is 0.171. The molecule has 2 aliphatic heterocycles. The van der Waals surface area contributed by atoms with Crippen molar-refractivity contribution >= 4 is 40.2 Å². The highest BCUT2D eigenvalue weighted by molar-refractivity contribution is 6.51. The van der Waals surface area contributed by atoms with Gasteiger partial charge in [-0.1, -0.05) is 42.5 Å². The average Bonchev–Trinajstić information content (AvgIpc) is 3.38. The minimum absolute atomic E-state index is 0.276. The summed E-state index contributed by atoms with van der Waals surface area (Å²) in [5, 5.41) is 8.54. The maximum absolute atomic E-state index is 14.2. The minimum Gasteiger partial charge on any atom is -0.372 e. The molecule has 0 bridgehead atoms. The fourth-order valence-electron chi connectivity index (χ4n) is 5.99. The van der Waals surface area contributed by atoms with E-state index in [9.17, 15) is 4.39 Å². The molecule has 8 heteroatoms. The van der Waals surface area contributed by atoms with Gasteiger partial charge in [-0.05, 0) is 87.0 Å². The van der Waals surface area contributed by atoms with Crippen LogP contribution in [0, 0.1) is 12.7 Å². The Morgan fingerprint density at radius 2 is 1.51 bits per heavy atom. The molecule has 1 atom stereocenters. The number of anilines is 3. The molecule has 214 valence electrons. The Bertz CT molecular complexity index is 1840. The lowest BCUT2D eigenvalue weighted by Crippen LogP contribution is -2.46. The number of fused-ring (bicyclic) bond motifs is 4. The van der Waals surface area contributed by atoms with Crippen molar-refractivity contribution in [2.24, 2.45) is 9.98 Å². The Balaban J connectivity index is 1.42. The van der Waals surface area contributed by atoms with Crippen LogP contribution in [0.5, 0.6) is 0 Å². The maximum atomic E-state index is 14.2. The van der Waals surface area contributed by atoms with Crippen molar-refractivity contribution in [1.82, 2.24) is 9.78 Å². The number of benzene rings is 4. The third-order valence-electron chi connectivity index (χ3n) is 8.08. The van der Waals surface area contributed by atoms with Crippen LogP contribution in [0.4, 0.5) is 33.0 Å². The number of para-hydroxylation sites is 3. The van der Waals surface area contributed by atoms with Crippen molar-refractivity contribution in [2.75, 3.05) is 28.2 Å². The number of nitrogens with zero attached hydrogens (tertiary/aromatic N) is 6. The summed E-state index contributed by atoms with van der Waals surface area (Å²) in [5.74, 6) is 1.76. The SMILES string of the molecule is CCN(CC)c1ccc(NC2=Nc3ccccc3N3C2=Nc2c(c(C)nn2-c2ccccc2)[C@@H]3c2ccc(F)cc2)cc1. The molecule has 0 aliphatic carbocycles. The first kappa shape index (κ1) is 26.6. The van der Waals surface area contributed by atoms with Crippen molar-refractivity contribution in [3.05, 3.63) is 126 Å². The van der Waals surface area contributed by atoms with Gasteiger partial charge in [-0.3, -0.25) is 0 Å². The first-order valence-corrected chi connectivity index (χ1v) is 14.6. The Hall–Kier alpha value is -5.24. The third-order valence-corrected chi connectivity index (χ3v) is 8.08. The van der Waals surface area contributed by atoms with Crippen LogP contribution in [0.2, 0.25) is 0 Å². The Labute approximate surface area is 250 Å². The molecule has 0 amide bonds. The van der Waals surface area contributed by atoms with Gasteiger partial charge in [0.15, 0.2) is 17.5 Å². The topological polar surface area (TPSA) is 61.0 Å². The zero-order valence-corrected chi connectivity index (χ0v) is 24.4. The summed E-state index contributed by atoms with van der Waals surface area (Å²) in [6, 6.07) is 32.9. The molecular weight excluding hydrogens is 537 g/mol. The van der Waals surface area contributed by atoms with Gasteiger partial charge < -0.3 is 15.1 Å². The number of aliphatic imine (C=N–C) groups is 2. The lowest BCUT2D eigenvalue weighted by molar-refractivity contribution is 0.626. The van der Waals surface area contributed by atoms with Crippen LogP contribution >= 0.6 is 0 Å². The standard InChI is InChI=1S/C35H32FN7/c1-4-41(5-2)27-21-19-26(20-22-27)37-33-35-39-34-31(23(3)40-43(34)28-11-7-6-8-12-28)32(24-15-17-25(36)18-16-24)42(35)30-14-10-9-13-29(30)38-33/h6-22,32H,4-5H2,1-3H3,(H,37,38)/t32-/m0/s1. The van der Waals surface area contributed by atoms with Gasteiger partial charge in [0.05, 0.1) is 28.8 Å². The Morgan fingerprint density at radius 1 is 0.814 bits per heavy atom. The quantitative estimate of drug-likeness (QED) is 0.225. The molecule has 5 aromatic rings. The van der Waals surface area contributed by atoms with Gasteiger partial charge in [0.2, 0.25) is 0 Å². The summed E-state index contributed by atoms with van der Waals surface area (Å²) in [6.07, 6.45) is 0. The van der Waals surface area contributed by atoms with E-state index in [4.69, 9.17) is 15.1 Å². The molecule has 7 nitrogen and oxygen atoms in total. The minimum atomic E-state index is -0.306. The van der Waals surface area contributed by atoms with Crippen LogP contribution in [0.3, 0.4) is 0 Å². The number of hydrogen-bond acceptors (Lipinski definition) is 6. The molecule has 0 unspecified atom stereocenters. The Morgan fingerprint density at radius 3 is 2.23 bits per heavy atom. The highest BCUT2D eigenvalue weighted by atomic mass is 19.1. The number of aromatic nitrogens is 2. The fourth-order valence-corrected chi connectivity index (χ4v) is 5.99. The van der Waals surface area contributed by atoms with Gasteiger partial charge in [-0.15, -0.1) is 0 Å². The van der Waals surface area contributed by atoms with Crippen LogP contribution < -0.4 is 15.1 Å². The second-order valence-corrected chi connectivity index (χ2v) is 10.6. The molecule has 3 heterocycles. The van der Waals surface area contributed by atoms with E-state index in [0.717, 1.165) is 58.5 Å². The Kier molecular flexibility index (Phi) is 6.74. The van der Waals surface area contributed by atoms with Crippen LogP contribution in [-0.4, -0.2) is 34.5 Å². The molecule has 43 heavy (non-hydrogen) atoms. The third kappa shape index (κ3) is 4.65. The number of rotatable bonds is 6. The summed E-state index contributed by atoms with van der Waals surface area (Å²) < 4.78 is 16.1. The van der Waals surface area contributed by atoms with E-state index in [1.165, 1.54) is 17.8 Å². The van der Waals surface area contributed by atoms with Gasteiger partial charge in [0.25, 0.3) is 0 Å². The molecule has 4 aromatic carbocycles. The van der Waals surface area contributed by atoms with Gasteiger partial charge in [0, 0.05) is 30.0 Å². The number of hydrogen-bond donors (Lipinski definition) is 1. The van der Waals surface area contributed by atoms with Gasteiger partial charge in [0.1, 0.15) is 5.82 Å². The van der Waals surface area contributed by atoms with Crippen molar-refractivity contribution in [2.45, 2.75) is 26.8 Å². The monoisotopic (exact) mass is 569 g/mol. The van der Waals surface area contributed by atoms with Crippen molar-refractivity contribution in [3.8, 4) is 5.69 Å². The zero-order chi connectivity index (χ0) is 29.5. The summed E-state index contributed by atoms with van der Waals surface area (Å²) in [4.78, 5) is 14.9. The second-order valence-electron chi connectivity index (χ2n) is 10.6. The van der Waals surface area contributed by atoms with E-state index >= 15 is 0 Å². The van der Waals surface area contributed by atoms with Crippen LogP contribution in [-0.2, 0) is 0 Å². The predicted octanol–water partition coefficient (Wildman–Crippen LogP) is 7.96. The highest BCUT2D eigenvalue weighted by Crippen LogP contribution is 2.48. The lowest BCUT2D eigenvalue weighted by Gasteiger charge is -2.40. The second kappa shape index (κ2) is 10.9. The van der Waals surface area contributed by atoms with E-state index in [1.54, 1.807) is 0 Å². The molecule has 1 N–H and O–H groups in total. The smallest absolute Gasteiger partial charge is 0.179 e. The maximum Gasteiger partial charge on any atom is 0.179 e. The highest BCUT2D eigenvalue weighted by Gasteiger charge is 2.41. The van der Waals surface area contributed by atoms with Crippen LogP contribution in [0.15, 0.2) is 113 Å². The molecule has 1 aromatic heterocycles. The van der Waals surface area contributed by atoms with Crippen molar-refractivity contribution < 1.29 is 4.39 Å². The molecule has 0 saturated heterocycles. The number of aryl methyl sites for hydroxylation is 1. The van der Waals surface area contributed by atoms with Gasteiger partial charge in [-0.2, -0.15) is 5.10 Å². The zero-order valence-electron chi connectivity index (χ0n) is 24.4. The van der Waals surface area contributed by atoms with Crippen LogP contribution in [0.25, 0.3) is 5.69 Å². The van der Waals surface area contributed by atoms with Crippen LogP contribution in [0.1, 0.15) is 36.7 Å². The van der Waals surface area contributed by atoms with E-state index in [2.05, 4.69) is 59.3 Å². The van der Waals surface area contributed by atoms with Gasteiger partial charge >= 0.3 is 0 Å². The van der Waals surface area contributed by atoms with Gasteiger partial charge in [-0.25, -0.2) is 19.1 Å². The molecule has 0 spiro atoms. The first-order chi connectivity index (χ1) is 21.1. The van der Waals surface area contributed by atoms with E-state index in [0.29, 0.717) is 11.7 Å². The summed E-state index contributed by atoms with van der Waals surface area (Å²) >= 11 is 0. The largest absolute Gasteiger partial charge is 0.372 e. The van der Waals surface area contributed by atoms with E-state index < -0.39 is 0 Å².